The van der Waals surface area contributed by atoms with Crippen molar-refractivity contribution in [2.75, 3.05) is 6.54 Å². The lowest BCUT2D eigenvalue weighted by atomic mass is 10.2. The van der Waals surface area contributed by atoms with E-state index in [4.69, 9.17) is 16.3 Å². The van der Waals surface area contributed by atoms with Gasteiger partial charge in [0.05, 0.1) is 16.3 Å². The molecule has 3 rings (SSSR count). The first-order valence-electron chi connectivity index (χ1n) is 7.81. The molecule has 1 amide bonds. The third-order valence-electron chi connectivity index (χ3n) is 3.47. The minimum Gasteiger partial charge on any atom is -0.458 e. The molecule has 26 heavy (non-hydrogen) atoms. The number of aromatic nitrogens is 1. The first-order chi connectivity index (χ1) is 12.6. The monoisotopic (exact) mass is 386 g/mol. The maximum Gasteiger partial charge on any atom is 0.325 e. The van der Waals surface area contributed by atoms with E-state index in [1.165, 1.54) is 11.3 Å². The minimum atomic E-state index is -0.542. The van der Waals surface area contributed by atoms with Gasteiger partial charge < -0.3 is 10.1 Å². The van der Waals surface area contributed by atoms with Gasteiger partial charge in [-0.2, -0.15) is 0 Å². The number of carbonyl (C=O) groups is 2. The number of benzene rings is 2. The smallest absolute Gasteiger partial charge is 0.325 e. The van der Waals surface area contributed by atoms with Gasteiger partial charge in [-0.15, -0.1) is 11.3 Å². The van der Waals surface area contributed by atoms with E-state index in [1.807, 2.05) is 35.7 Å². The highest BCUT2D eigenvalue weighted by molar-refractivity contribution is 7.13. The van der Waals surface area contributed by atoms with Gasteiger partial charge in [0.15, 0.2) is 0 Å². The number of hydrogen-bond donors (Lipinski definition) is 1. The van der Waals surface area contributed by atoms with E-state index in [0.717, 1.165) is 10.6 Å². The summed E-state index contributed by atoms with van der Waals surface area (Å²) in [6.45, 7) is -0.177. The normalized spacial score (nSPS) is 10.3. The van der Waals surface area contributed by atoms with Crippen molar-refractivity contribution in [3.8, 4) is 10.6 Å². The molecule has 1 aromatic heterocycles. The van der Waals surface area contributed by atoms with Crippen molar-refractivity contribution < 1.29 is 14.3 Å². The van der Waals surface area contributed by atoms with Gasteiger partial charge >= 0.3 is 5.97 Å². The van der Waals surface area contributed by atoms with Crippen LogP contribution in [0.15, 0.2) is 60.0 Å². The third kappa shape index (κ3) is 4.68. The molecule has 1 heterocycles. The second-order valence-electron chi connectivity index (χ2n) is 5.33. The molecule has 1 N–H and O–H groups in total. The maximum absolute atomic E-state index is 12.0. The zero-order chi connectivity index (χ0) is 18.4. The predicted octanol–water partition coefficient (Wildman–Crippen LogP) is 3.94. The van der Waals surface area contributed by atoms with Crippen LogP contribution in [-0.2, 0) is 16.1 Å². The molecular formula is C19H15ClN2O3S. The second-order valence-corrected chi connectivity index (χ2v) is 6.60. The Kier molecular flexibility index (Phi) is 5.99. The predicted molar refractivity (Wildman–Crippen MR) is 101 cm³/mol. The molecule has 0 aliphatic heterocycles. The lowest BCUT2D eigenvalue weighted by Gasteiger charge is -2.06. The lowest BCUT2D eigenvalue weighted by molar-refractivity contribution is -0.143. The number of esters is 1. The Bertz CT molecular complexity index is 912. The van der Waals surface area contributed by atoms with Crippen LogP contribution >= 0.6 is 22.9 Å². The van der Waals surface area contributed by atoms with E-state index in [-0.39, 0.29) is 13.2 Å². The number of rotatable bonds is 6. The summed E-state index contributed by atoms with van der Waals surface area (Å²) in [7, 11) is 0. The van der Waals surface area contributed by atoms with Gasteiger partial charge in [-0.3, -0.25) is 9.59 Å². The van der Waals surface area contributed by atoms with Crippen molar-refractivity contribution in [3.63, 3.8) is 0 Å². The first kappa shape index (κ1) is 18.1. The number of ether oxygens (including phenoxy) is 1. The molecule has 0 aliphatic rings. The third-order valence-corrected chi connectivity index (χ3v) is 4.74. The number of nitrogens with zero attached hydrogens (tertiary/aromatic N) is 1. The molecule has 7 heteroatoms. The van der Waals surface area contributed by atoms with Crippen LogP contribution in [0.2, 0.25) is 5.02 Å². The van der Waals surface area contributed by atoms with Gasteiger partial charge in [-0.05, 0) is 12.1 Å². The molecule has 2 aromatic carbocycles. The molecule has 3 aromatic rings. The molecule has 0 unspecified atom stereocenters. The first-order valence-corrected chi connectivity index (χ1v) is 9.07. The Morgan fingerprint density at radius 2 is 1.81 bits per heavy atom. The number of hydrogen-bond acceptors (Lipinski definition) is 5. The summed E-state index contributed by atoms with van der Waals surface area (Å²) in [6.07, 6.45) is 0. The fourth-order valence-corrected chi connectivity index (χ4v) is 3.22. The molecule has 132 valence electrons. The van der Waals surface area contributed by atoms with Crippen molar-refractivity contribution in [1.82, 2.24) is 10.3 Å². The SMILES string of the molecule is O=C(CNC(=O)c1ccccc1Cl)OCc1csc(-c2ccccc2)n1. The zero-order valence-electron chi connectivity index (χ0n) is 13.6. The number of amides is 1. The number of thiazole rings is 1. The van der Waals surface area contributed by atoms with Crippen LogP contribution in [0.3, 0.4) is 0 Å². The molecule has 0 radical (unpaired) electrons. The summed E-state index contributed by atoms with van der Waals surface area (Å²) in [4.78, 5) is 28.3. The average Bonchev–Trinajstić information content (AvgIpc) is 3.14. The summed E-state index contributed by atoms with van der Waals surface area (Å²) in [5.74, 6) is -0.966. The van der Waals surface area contributed by atoms with Crippen molar-refractivity contribution in [2.24, 2.45) is 0 Å². The van der Waals surface area contributed by atoms with Crippen molar-refractivity contribution in [3.05, 3.63) is 76.3 Å². The standard InChI is InChI=1S/C19H15ClN2O3S/c20-16-9-5-4-8-15(16)18(24)21-10-17(23)25-11-14-12-26-19(22-14)13-6-2-1-3-7-13/h1-9,12H,10-11H2,(H,21,24). The molecule has 0 fully saturated rings. The molecular weight excluding hydrogens is 372 g/mol. The Labute approximate surface area is 159 Å². The van der Waals surface area contributed by atoms with Gasteiger partial charge in [0.25, 0.3) is 5.91 Å². The minimum absolute atomic E-state index is 0.0597. The molecule has 0 saturated heterocycles. The number of halogens is 1. The highest BCUT2D eigenvalue weighted by atomic mass is 35.5. The number of carbonyl (C=O) groups excluding carboxylic acids is 2. The van der Waals surface area contributed by atoms with Gasteiger partial charge in [-0.25, -0.2) is 4.98 Å². The summed E-state index contributed by atoms with van der Waals surface area (Å²) in [5, 5.41) is 5.53. The van der Waals surface area contributed by atoms with Gasteiger partial charge in [0.2, 0.25) is 0 Å². The van der Waals surface area contributed by atoms with Crippen LogP contribution < -0.4 is 5.32 Å². The van der Waals surface area contributed by atoms with Crippen molar-refractivity contribution in [2.45, 2.75) is 6.61 Å². The second kappa shape index (κ2) is 8.60. The van der Waals surface area contributed by atoms with E-state index in [1.54, 1.807) is 24.3 Å². The lowest BCUT2D eigenvalue weighted by Crippen LogP contribution is -2.30. The summed E-state index contributed by atoms with van der Waals surface area (Å²) in [5.41, 5.74) is 2.00. The van der Waals surface area contributed by atoms with Gasteiger partial charge in [-0.1, -0.05) is 54.1 Å². The molecule has 5 nitrogen and oxygen atoms in total. The van der Waals surface area contributed by atoms with E-state index >= 15 is 0 Å². The molecule has 0 atom stereocenters. The van der Waals surface area contributed by atoms with E-state index in [9.17, 15) is 9.59 Å². The van der Waals surface area contributed by atoms with Gasteiger partial charge in [0.1, 0.15) is 18.2 Å². The fraction of sp³-hybridized carbons (Fsp3) is 0.105. The fourth-order valence-electron chi connectivity index (χ4n) is 2.19. The maximum atomic E-state index is 12.0. The Morgan fingerprint density at radius 1 is 1.08 bits per heavy atom. The molecule has 0 saturated carbocycles. The summed E-state index contributed by atoms with van der Waals surface area (Å²) >= 11 is 7.43. The highest BCUT2D eigenvalue weighted by Crippen LogP contribution is 2.23. The highest BCUT2D eigenvalue weighted by Gasteiger charge is 2.12. The van der Waals surface area contributed by atoms with Crippen LogP contribution in [0, 0.1) is 0 Å². The Balaban J connectivity index is 1.48. The van der Waals surface area contributed by atoms with Crippen LogP contribution in [0.5, 0.6) is 0 Å². The van der Waals surface area contributed by atoms with Crippen LogP contribution in [0.25, 0.3) is 10.6 Å². The van der Waals surface area contributed by atoms with Crippen LogP contribution in [-0.4, -0.2) is 23.4 Å². The van der Waals surface area contributed by atoms with Crippen molar-refractivity contribution >= 4 is 34.8 Å². The molecule has 0 bridgehead atoms. The van der Waals surface area contributed by atoms with Crippen molar-refractivity contribution in [1.29, 1.82) is 0 Å². The molecule has 0 aliphatic carbocycles. The van der Waals surface area contributed by atoms with E-state index in [0.29, 0.717) is 16.3 Å². The summed E-state index contributed by atoms with van der Waals surface area (Å²) < 4.78 is 5.15. The van der Waals surface area contributed by atoms with E-state index in [2.05, 4.69) is 10.3 Å². The Morgan fingerprint density at radius 3 is 2.58 bits per heavy atom. The zero-order valence-corrected chi connectivity index (χ0v) is 15.2. The topological polar surface area (TPSA) is 68.3 Å². The summed E-state index contributed by atoms with van der Waals surface area (Å²) in [6, 6.07) is 16.4. The average molecular weight is 387 g/mol. The quantitative estimate of drug-likeness (QED) is 0.651. The molecule has 0 spiro atoms. The van der Waals surface area contributed by atoms with Crippen LogP contribution in [0.1, 0.15) is 16.1 Å². The van der Waals surface area contributed by atoms with Gasteiger partial charge in [0, 0.05) is 10.9 Å². The largest absolute Gasteiger partial charge is 0.458 e. The van der Waals surface area contributed by atoms with E-state index < -0.39 is 11.9 Å². The number of nitrogens with one attached hydrogen (secondary N) is 1. The Hall–Kier alpha value is -2.70. The van der Waals surface area contributed by atoms with Crippen LogP contribution in [0.4, 0.5) is 0 Å².